The SMILES string of the molecule is CC(C)(C)C(=O)NCCC(=O)NCc1cccc(-n2ccc(C(=O)O)n2)c1. The van der Waals surface area contributed by atoms with Gasteiger partial charge in [0.05, 0.1) is 5.69 Å². The van der Waals surface area contributed by atoms with E-state index in [1.54, 1.807) is 12.3 Å². The van der Waals surface area contributed by atoms with Crippen molar-refractivity contribution >= 4 is 17.8 Å². The van der Waals surface area contributed by atoms with Gasteiger partial charge in [0.2, 0.25) is 11.8 Å². The number of aromatic nitrogens is 2. The third-order valence-electron chi connectivity index (χ3n) is 3.79. The van der Waals surface area contributed by atoms with Crippen LogP contribution in [0.5, 0.6) is 0 Å². The van der Waals surface area contributed by atoms with E-state index in [9.17, 15) is 14.4 Å². The van der Waals surface area contributed by atoms with E-state index in [1.165, 1.54) is 10.7 Å². The van der Waals surface area contributed by atoms with Crippen molar-refractivity contribution in [2.45, 2.75) is 33.7 Å². The number of nitrogens with one attached hydrogen (secondary N) is 2. The van der Waals surface area contributed by atoms with Gasteiger partial charge in [-0.3, -0.25) is 9.59 Å². The van der Waals surface area contributed by atoms with Gasteiger partial charge in [0.1, 0.15) is 0 Å². The summed E-state index contributed by atoms with van der Waals surface area (Å²) in [4.78, 5) is 34.6. The van der Waals surface area contributed by atoms with Crippen molar-refractivity contribution in [3.8, 4) is 5.69 Å². The molecule has 2 rings (SSSR count). The molecule has 2 aromatic rings. The van der Waals surface area contributed by atoms with Gasteiger partial charge < -0.3 is 15.7 Å². The summed E-state index contributed by atoms with van der Waals surface area (Å²) in [6.07, 6.45) is 1.77. The molecule has 0 bridgehead atoms. The molecular weight excluding hydrogens is 348 g/mol. The minimum atomic E-state index is -1.09. The molecule has 8 nitrogen and oxygen atoms in total. The Bertz CT molecular complexity index is 836. The number of carboxylic acids is 1. The van der Waals surface area contributed by atoms with Crippen LogP contribution in [0.3, 0.4) is 0 Å². The van der Waals surface area contributed by atoms with Crippen LogP contribution in [0.1, 0.15) is 43.2 Å². The highest BCUT2D eigenvalue weighted by atomic mass is 16.4. The molecule has 0 unspecified atom stereocenters. The molecule has 0 aliphatic carbocycles. The second-order valence-corrected chi connectivity index (χ2v) is 7.15. The van der Waals surface area contributed by atoms with Gasteiger partial charge in [-0.25, -0.2) is 9.48 Å². The maximum atomic E-state index is 11.9. The standard InChI is InChI=1S/C19H24N4O4/c1-19(2,3)18(27)20-9-7-16(24)21-12-13-5-4-6-14(11-13)23-10-8-15(22-23)17(25)26/h4-6,8,10-11H,7,9,12H2,1-3H3,(H,20,27)(H,21,24)(H,25,26). The average molecular weight is 372 g/mol. The highest BCUT2D eigenvalue weighted by molar-refractivity contribution is 5.85. The fraction of sp³-hybridized carbons (Fsp3) is 0.368. The van der Waals surface area contributed by atoms with E-state index in [1.807, 2.05) is 39.0 Å². The lowest BCUT2D eigenvalue weighted by atomic mass is 9.96. The Labute approximate surface area is 157 Å². The van der Waals surface area contributed by atoms with Gasteiger partial charge in [0, 0.05) is 31.1 Å². The Hall–Kier alpha value is -3.16. The van der Waals surface area contributed by atoms with E-state index in [2.05, 4.69) is 15.7 Å². The van der Waals surface area contributed by atoms with Gasteiger partial charge in [0.15, 0.2) is 5.69 Å². The smallest absolute Gasteiger partial charge is 0.356 e. The summed E-state index contributed by atoms with van der Waals surface area (Å²) in [5.41, 5.74) is 1.04. The second kappa shape index (κ2) is 8.48. The number of rotatable bonds is 7. The number of benzene rings is 1. The zero-order valence-electron chi connectivity index (χ0n) is 15.7. The van der Waals surface area contributed by atoms with Crippen LogP contribution in [0, 0.1) is 5.41 Å². The number of hydrogen-bond donors (Lipinski definition) is 3. The number of hydrogen-bond acceptors (Lipinski definition) is 4. The van der Waals surface area contributed by atoms with E-state index >= 15 is 0 Å². The average Bonchev–Trinajstić information content (AvgIpc) is 3.10. The van der Waals surface area contributed by atoms with Crippen LogP contribution in [0.25, 0.3) is 5.69 Å². The van der Waals surface area contributed by atoms with Crippen LogP contribution in [-0.2, 0) is 16.1 Å². The molecule has 144 valence electrons. The van der Waals surface area contributed by atoms with Crippen LogP contribution in [-0.4, -0.2) is 39.2 Å². The van der Waals surface area contributed by atoms with Crippen LogP contribution in [0.15, 0.2) is 36.5 Å². The molecular formula is C19H24N4O4. The molecule has 2 amide bonds. The molecule has 0 spiro atoms. The predicted octanol–water partition coefficient (Wildman–Crippen LogP) is 1.74. The molecule has 27 heavy (non-hydrogen) atoms. The predicted molar refractivity (Wildman–Crippen MR) is 99.5 cm³/mol. The van der Waals surface area contributed by atoms with E-state index in [0.29, 0.717) is 12.2 Å². The Kier molecular flexibility index (Phi) is 6.33. The largest absolute Gasteiger partial charge is 0.476 e. The third-order valence-corrected chi connectivity index (χ3v) is 3.79. The fourth-order valence-electron chi connectivity index (χ4n) is 2.23. The molecule has 8 heteroatoms. The molecule has 3 N–H and O–H groups in total. The van der Waals surface area contributed by atoms with Gasteiger partial charge in [0.25, 0.3) is 0 Å². The molecule has 0 radical (unpaired) electrons. The van der Waals surface area contributed by atoms with E-state index in [-0.39, 0.29) is 30.5 Å². The highest BCUT2D eigenvalue weighted by Crippen LogP contribution is 2.12. The monoisotopic (exact) mass is 372 g/mol. The quantitative estimate of drug-likeness (QED) is 0.685. The van der Waals surface area contributed by atoms with Crippen molar-refractivity contribution in [1.29, 1.82) is 0 Å². The van der Waals surface area contributed by atoms with Crippen LogP contribution in [0.4, 0.5) is 0 Å². The second-order valence-electron chi connectivity index (χ2n) is 7.15. The van der Waals surface area contributed by atoms with Crippen LogP contribution < -0.4 is 10.6 Å². The van der Waals surface area contributed by atoms with Crippen LogP contribution in [0.2, 0.25) is 0 Å². The zero-order valence-corrected chi connectivity index (χ0v) is 15.7. The number of aromatic carboxylic acids is 1. The minimum Gasteiger partial charge on any atom is -0.476 e. The Morgan fingerprint density at radius 3 is 2.52 bits per heavy atom. The van der Waals surface area contributed by atoms with Gasteiger partial charge in [-0.2, -0.15) is 5.10 Å². The van der Waals surface area contributed by atoms with E-state index in [4.69, 9.17) is 5.11 Å². The Balaban J connectivity index is 1.86. The summed E-state index contributed by atoms with van der Waals surface area (Å²) in [6.45, 7) is 6.05. The summed E-state index contributed by atoms with van der Waals surface area (Å²) in [5.74, 6) is -1.35. The fourth-order valence-corrected chi connectivity index (χ4v) is 2.23. The van der Waals surface area contributed by atoms with Gasteiger partial charge in [-0.1, -0.05) is 32.9 Å². The lowest BCUT2D eigenvalue weighted by Gasteiger charge is -2.17. The molecule has 1 aromatic carbocycles. The van der Waals surface area contributed by atoms with E-state index in [0.717, 1.165) is 5.56 Å². The molecule has 0 atom stereocenters. The zero-order chi connectivity index (χ0) is 20.0. The first-order chi connectivity index (χ1) is 12.7. The first kappa shape index (κ1) is 20.2. The number of carboxylic acid groups (broad SMARTS) is 1. The van der Waals surface area contributed by atoms with Crippen molar-refractivity contribution in [2.24, 2.45) is 5.41 Å². The molecule has 1 heterocycles. The lowest BCUT2D eigenvalue weighted by molar-refractivity contribution is -0.128. The summed E-state index contributed by atoms with van der Waals surface area (Å²) in [7, 11) is 0. The third kappa shape index (κ3) is 5.95. The summed E-state index contributed by atoms with van der Waals surface area (Å²) in [6, 6.07) is 8.70. The molecule has 0 saturated heterocycles. The Morgan fingerprint density at radius 2 is 1.89 bits per heavy atom. The maximum Gasteiger partial charge on any atom is 0.356 e. The Morgan fingerprint density at radius 1 is 1.15 bits per heavy atom. The van der Waals surface area contributed by atoms with Gasteiger partial charge >= 0.3 is 5.97 Å². The number of carbonyl (C=O) groups is 3. The van der Waals surface area contributed by atoms with Crippen molar-refractivity contribution < 1.29 is 19.5 Å². The molecule has 0 fully saturated rings. The van der Waals surface area contributed by atoms with Crippen molar-refractivity contribution in [2.75, 3.05) is 6.54 Å². The maximum absolute atomic E-state index is 11.9. The van der Waals surface area contributed by atoms with Crippen LogP contribution >= 0.6 is 0 Å². The highest BCUT2D eigenvalue weighted by Gasteiger charge is 2.20. The minimum absolute atomic E-state index is 0.0361. The first-order valence-electron chi connectivity index (χ1n) is 8.60. The van der Waals surface area contributed by atoms with Gasteiger partial charge in [-0.15, -0.1) is 0 Å². The number of carbonyl (C=O) groups excluding carboxylic acids is 2. The van der Waals surface area contributed by atoms with Gasteiger partial charge in [-0.05, 0) is 23.8 Å². The molecule has 0 saturated carbocycles. The van der Waals surface area contributed by atoms with Crippen molar-refractivity contribution in [1.82, 2.24) is 20.4 Å². The first-order valence-corrected chi connectivity index (χ1v) is 8.60. The lowest BCUT2D eigenvalue weighted by Crippen LogP contribution is -2.37. The number of nitrogens with zero attached hydrogens (tertiary/aromatic N) is 2. The van der Waals surface area contributed by atoms with E-state index < -0.39 is 11.4 Å². The van der Waals surface area contributed by atoms with Crippen molar-refractivity contribution in [3.63, 3.8) is 0 Å². The molecule has 0 aliphatic rings. The summed E-state index contributed by atoms with van der Waals surface area (Å²) < 4.78 is 1.47. The molecule has 1 aromatic heterocycles. The molecule has 0 aliphatic heterocycles. The normalized spacial score (nSPS) is 11.1. The topological polar surface area (TPSA) is 113 Å². The summed E-state index contributed by atoms with van der Waals surface area (Å²) >= 11 is 0. The summed E-state index contributed by atoms with van der Waals surface area (Å²) in [5, 5.41) is 18.5. The van der Waals surface area contributed by atoms with Crippen molar-refractivity contribution in [3.05, 3.63) is 47.8 Å². The number of amides is 2.